The smallest absolute Gasteiger partial charge is 0.191 e. The molecule has 1 unspecified atom stereocenters. The molecule has 1 atom stereocenters. The van der Waals surface area contributed by atoms with Crippen LogP contribution in [0.25, 0.3) is 0 Å². The molecule has 0 N–H and O–H groups in total. The summed E-state index contributed by atoms with van der Waals surface area (Å²) in [5, 5.41) is 9.82. The summed E-state index contributed by atoms with van der Waals surface area (Å²) in [5.41, 5.74) is 3.11. The minimum atomic E-state index is -0.349. The van der Waals surface area contributed by atoms with Crippen LogP contribution in [0.3, 0.4) is 0 Å². The van der Waals surface area contributed by atoms with E-state index in [1.165, 1.54) is 29.5 Å². The van der Waals surface area contributed by atoms with Gasteiger partial charge >= 0.3 is 0 Å². The van der Waals surface area contributed by atoms with Gasteiger partial charge in [-0.25, -0.2) is 4.39 Å². The van der Waals surface area contributed by atoms with Crippen LogP contribution >= 0.6 is 23.4 Å². The number of aromatic nitrogens is 3. The number of hydrogen-bond acceptors (Lipinski definition) is 4. The van der Waals surface area contributed by atoms with Crippen molar-refractivity contribution in [2.75, 3.05) is 0 Å². The van der Waals surface area contributed by atoms with Gasteiger partial charge in [0.25, 0.3) is 0 Å². The molecule has 0 radical (unpaired) electrons. The van der Waals surface area contributed by atoms with Crippen molar-refractivity contribution in [3.8, 4) is 5.75 Å². The molecule has 0 amide bonds. The van der Waals surface area contributed by atoms with E-state index >= 15 is 0 Å². The summed E-state index contributed by atoms with van der Waals surface area (Å²) in [6, 6.07) is 10.5. The molecule has 7 heteroatoms. The molecular formula is C22H23ClFN3OS. The highest BCUT2D eigenvalue weighted by Gasteiger charge is 2.20. The molecule has 0 aliphatic heterocycles. The van der Waals surface area contributed by atoms with Crippen molar-refractivity contribution in [1.82, 2.24) is 14.8 Å². The molecule has 0 bridgehead atoms. The lowest BCUT2D eigenvalue weighted by atomic mass is 10.1. The fourth-order valence-corrected chi connectivity index (χ4v) is 4.24. The maximum Gasteiger partial charge on any atom is 0.191 e. The highest BCUT2D eigenvalue weighted by molar-refractivity contribution is 7.98. The summed E-state index contributed by atoms with van der Waals surface area (Å²) < 4.78 is 21.4. The van der Waals surface area contributed by atoms with Gasteiger partial charge in [-0.05, 0) is 50.1 Å². The van der Waals surface area contributed by atoms with Gasteiger partial charge in [0.1, 0.15) is 11.6 Å². The van der Waals surface area contributed by atoms with Crippen molar-refractivity contribution >= 4 is 23.4 Å². The maximum absolute atomic E-state index is 13.3. The van der Waals surface area contributed by atoms with E-state index in [1.807, 2.05) is 30.5 Å². The second-order valence-electron chi connectivity index (χ2n) is 6.79. The minimum Gasteiger partial charge on any atom is -0.482 e. The van der Waals surface area contributed by atoms with Crippen LogP contribution in [0.5, 0.6) is 5.75 Å². The minimum absolute atomic E-state index is 0.285. The zero-order valence-electron chi connectivity index (χ0n) is 16.7. The second kappa shape index (κ2) is 9.46. The molecule has 0 spiro atoms. The van der Waals surface area contributed by atoms with Gasteiger partial charge in [0, 0.05) is 17.3 Å². The van der Waals surface area contributed by atoms with Gasteiger partial charge in [0.2, 0.25) is 0 Å². The van der Waals surface area contributed by atoms with Crippen molar-refractivity contribution in [3.63, 3.8) is 0 Å². The Kier molecular flexibility index (Phi) is 6.98. The van der Waals surface area contributed by atoms with Crippen LogP contribution in [0, 0.1) is 19.7 Å². The number of thioether (sulfide) groups is 1. The number of allylic oxidation sites excluding steroid dienone is 1. The van der Waals surface area contributed by atoms with Gasteiger partial charge in [0.05, 0.1) is 0 Å². The fraction of sp³-hybridized carbons (Fsp3) is 0.273. The van der Waals surface area contributed by atoms with E-state index in [1.54, 1.807) is 12.1 Å². The van der Waals surface area contributed by atoms with Gasteiger partial charge in [-0.1, -0.05) is 53.2 Å². The van der Waals surface area contributed by atoms with Crippen LogP contribution in [-0.4, -0.2) is 14.8 Å². The standard InChI is InChI=1S/C22H23ClFN3OS/c1-5-10-27-21(16(4)28-20-9-6-14(2)11-15(20)3)25-26-22(27)29-13-17-7-8-18(24)12-19(17)23/h5-9,11-12,16H,1,10,13H2,2-4H3. The molecule has 4 nitrogen and oxygen atoms in total. The first-order valence-corrected chi connectivity index (χ1v) is 10.6. The first-order valence-electron chi connectivity index (χ1n) is 9.23. The lowest BCUT2D eigenvalue weighted by Crippen LogP contribution is -2.12. The van der Waals surface area contributed by atoms with E-state index in [-0.39, 0.29) is 11.9 Å². The molecular weight excluding hydrogens is 409 g/mol. The van der Waals surface area contributed by atoms with Crippen LogP contribution in [0.1, 0.15) is 35.5 Å². The Morgan fingerprint density at radius 3 is 2.72 bits per heavy atom. The third-order valence-electron chi connectivity index (χ3n) is 4.43. The SMILES string of the molecule is C=CCn1c(SCc2ccc(F)cc2Cl)nnc1C(C)Oc1ccc(C)cc1C. The summed E-state index contributed by atoms with van der Waals surface area (Å²) in [7, 11) is 0. The summed E-state index contributed by atoms with van der Waals surface area (Å²) in [5.74, 6) is 1.75. The molecule has 0 aliphatic carbocycles. The Balaban J connectivity index is 1.79. The van der Waals surface area contributed by atoms with E-state index in [0.717, 1.165) is 27.9 Å². The van der Waals surface area contributed by atoms with Crippen LogP contribution in [0.2, 0.25) is 5.02 Å². The Morgan fingerprint density at radius 2 is 2.03 bits per heavy atom. The van der Waals surface area contributed by atoms with E-state index in [4.69, 9.17) is 16.3 Å². The number of ether oxygens (including phenoxy) is 1. The molecule has 2 aromatic carbocycles. The number of aryl methyl sites for hydroxylation is 2. The Bertz CT molecular complexity index is 1020. The van der Waals surface area contributed by atoms with E-state index < -0.39 is 0 Å². The first kappa shape index (κ1) is 21.4. The topological polar surface area (TPSA) is 39.9 Å². The molecule has 152 valence electrons. The summed E-state index contributed by atoms with van der Waals surface area (Å²) in [6.07, 6.45) is 1.51. The molecule has 0 fully saturated rings. The number of hydrogen-bond donors (Lipinski definition) is 0. The summed E-state index contributed by atoms with van der Waals surface area (Å²) in [4.78, 5) is 0. The highest BCUT2D eigenvalue weighted by Crippen LogP contribution is 2.30. The zero-order chi connectivity index (χ0) is 21.0. The molecule has 1 heterocycles. The van der Waals surface area contributed by atoms with Crippen LogP contribution in [0.15, 0.2) is 54.2 Å². The number of nitrogens with zero attached hydrogens (tertiary/aromatic N) is 3. The predicted molar refractivity (Wildman–Crippen MR) is 116 cm³/mol. The van der Waals surface area contributed by atoms with Gasteiger partial charge in [-0.2, -0.15) is 0 Å². The Morgan fingerprint density at radius 1 is 1.24 bits per heavy atom. The largest absolute Gasteiger partial charge is 0.482 e. The molecule has 1 aromatic heterocycles. The van der Waals surface area contributed by atoms with Crippen molar-refractivity contribution in [2.24, 2.45) is 0 Å². The van der Waals surface area contributed by atoms with Gasteiger partial charge < -0.3 is 4.74 Å². The van der Waals surface area contributed by atoms with Crippen molar-refractivity contribution in [2.45, 2.75) is 44.3 Å². The molecule has 29 heavy (non-hydrogen) atoms. The van der Waals surface area contributed by atoms with Crippen LogP contribution < -0.4 is 4.74 Å². The van der Waals surface area contributed by atoms with E-state index in [9.17, 15) is 4.39 Å². The van der Waals surface area contributed by atoms with Gasteiger partial charge in [-0.15, -0.1) is 16.8 Å². The van der Waals surface area contributed by atoms with Crippen molar-refractivity contribution < 1.29 is 9.13 Å². The summed E-state index contributed by atoms with van der Waals surface area (Å²) in [6.45, 7) is 10.4. The second-order valence-corrected chi connectivity index (χ2v) is 8.14. The predicted octanol–water partition coefficient (Wildman–Crippen LogP) is 6.31. The Hall–Kier alpha value is -2.31. The first-order chi connectivity index (χ1) is 13.9. The number of benzene rings is 2. The van der Waals surface area contributed by atoms with Crippen molar-refractivity contribution in [3.05, 3.63) is 82.4 Å². The third kappa shape index (κ3) is 5.19. The number of rotatable bonds is 8. The molecule has 3 rings (SSSR count). The van der Waals surface area contributed by atoms with Crippen LogP contribution in [-0.2, 0) is 12.3 Å². The maximum atomic E-state index is 13.3. The van der Waals surface area contributed by atoms with Gasteiger partial charge in [0.15, 0.2) is 17.1 Å². The van der Waals surface area contributed by atoms with Crippen molar-refractivity contribution in [1.29, 1.82) is 0 Å². The lowest BCUT2D eigenvalue weighted by Gasteiger charge is -2.17. The van der Waals surface area contributed by atoms with E-state index in [0.29, 0.717) is 17.3 Å². The third-order valence-corrected chi connectivity index (χ3v) is 5.79. The average Bonchev–Trinajstić information content (AvgIpc) is 3.06. The summed E-state index contributed by atoms with van der Waals surface area (Å²) >= 11 is 7.63. The highest BCUT2D eigenvalue weighted by atomic mass is 35.5. The monoisotopic (exact) mass is 431 g/mol. The molecule has 3 aromatic rings. The Labute approximate surface area is 179 Å². The molecule has 0 aliphatic rings. The molecule has 0 saturated heterocycles. The zero-order valence-corrected chi connectivity index (χ0v) is 18.2. The van der Waals surface area contributed by atoms with Gasteiger partial charge in [-0.3, -0.25) is 4.57 Å². The quantitative estimate of drug-likeness (QED) is 0.309. The fourth-order valence-electron chi connectivity index (χ4n) is 2.96. The lowest BCUT2D eigenvalue weighted by molar-refractivity contribution is 0.209. The average molecular weight is 432 g/mol. The molecule has 0 saturated carbocycles. The normalized spacial score (nSPS) is 12.0. The van der Waals surface area contributed by atoms with Crippen LogP contribution in [0.4, 0.5) is 4.39 Å². The number of halogens is 2. The van der Waals surface area contributed by atoms with E-state index in [2.05, 4.69) is 29.8 Å².